The van der Waals surface area contributed by atoms with Gasteiger partial charge in [-0.1, -0.05) is 29.8 Å². The fourth-order valence-corrected chi connectivity index (χ4v) is 2.07. The molecule has 5 heteroatoms. The second-order valence-corrected chi connectivity index (χ2v) is 4.87. The van der Waals surface area contributed by atoms with Crippen LogP contribution in [0.15, 0.2) is 48.5 Å². The molecule has 0 aliphatic carbocycles. The Kier molecular flexibility index (Phi) is 5.46. The van der Waals surface area contributed by atoms with E-state index in [4.69, 9.17) is 16.3 Å². The monoisotopic (exact) mass is 304 g/mol. The topological polar surface area (TPSA) is 50.4 Å². The maximum absolute atomic E-state index is 11.9. The van der Waals surface area contributed by atoms with Crippen molar-refractivity contribution in [3.63, 3.8) is 0 Å². The van der Waals surface area contributed by atoms with Gasteiger partial charge in [-0.05, 0) is 30.3 Å². The van der Waals surface area contributed by atoms with Gasteiger partial charge in [-0.25, -0.2) is 0 Å². The fraction of sp³-hybridized carbons (Fsp3) is 0.188. The predicted octanol–water partition coefficient (Wildman–Crippen LogP) is 3.79. The van der Waals surface area contributed by atoms with Crippen molar-refractivity contribution < 1.29 is 9.53 Å². The number of para-hydroxylation sites is 2. The summed E-state index contributed by atoms with van der Waals surface area (Å²) >= 11 is 5.89. The van der Waals surface area contributed by atoms with Gasteiger partial charge < -0.3 is 15.4 Å². The van der Waals surface area contributed by atoms with E-state index in [1.54, 1.807) is 25.3 Å². The maximum Gasteiger partial charge on any atom is 0.226 e. The standard InChI is InChI=1S/C16H17ClN2O2/c1-21-15-8-3-2-7-14(15)19-16(20)9-10-18-13-6-4-5-12(17)11-13/h2-8,11,18H,9-10H2,1H3,(H,19,20). The molecule has 4 nitrogen and oxygen atoms in total. The summed E-state index contributed by atoms with van der Waals surface area (Å²) in [4.78, 5) is 11.9. The molecule has 2 rings (SSSR count). The Labute approximate surface area is 129 Å². The summed E-state index contributed by atoms with van der Waals surface area (Å²) in [5.41, 5.74) is 1.57. The second kappa shape index (κ2) is 7.55. The molecule has 0 aromatic heterocycles. The Morgan fingerprint density at radius 3 is 2.76 bits per heavy atom. The van der Waals surface area contributed by atoms with E-state index in [9.17, 15) is 4.79 Å². The first-order valence-electron chi connectivity index (χ1n) is 6.61. The molecule has 110 valence electrons. The van der Waals surface area contributed by atoms with Crippen molar-refractivity contribution in [2.24, 2.45) is 0 Å². The number of rotatable bonds is 6. The third-order valence-corrected chi connectivity index (χ3v) is 3.12. The van der Waals surface area contributed by atoms with Gasteiger partial charge in [0, 0.05) is 23.7 Å². The molecule has 2 aromatic carbocycles. The van der Waals surface area contributed by atoms with Crippen LogP contribution in [0.1, 0.15) is 6.42 Å². The Morgan fingerprint density at radius 2 is 2.00 bits per heavy atom. The smallest absolute Gasteiger partial charge is 0.226 e. The van der Waals surface area contributed by atoms with Crippen LogP contribution < -0.4 is 15.4 Å². The van der Waals surface area contributed by atoms with E-state index in [2.05, 4.69) is 10.6 Å². The Hall–Kier alpha value is -2.20. The van der Waals surface area contributed by atoms with E-state index in [-0.39, 0.29) is 5.91 Å². The van der Waals surface area contributed by atoms with Crippen LogP contribution in [-0.2, 0) is 4.79 Å². The molecule has 0 unspecified atom stereocenters. The number of methoxy groups -OCH3 is 1. The molecule has 0 radical (unpaired) electrons. The molecule has 0 fully saturated rings. The minimum atomic E-state index is -0.0750. The molecule has 0 aliphatic rings. The highest BCUT2D eigenvalue weighted by Crippen LogP contribution is 2.23. The van der Waals surface area contributed by atoms with Crippen molar-refractivity contribution in [1.82, 2.24) is 0 Å². The Bertz CT molecular complexity index is 617. The maximum atomic E-state index is 11.9. The molecule has 0 atom stereocenters. The van der Waals surface area contributed by atoms with Crippen LogP contribution >= 0.6 is 11.6 Å². The van der Waals surface area contributed by atoms with Crippen molar-refractivity contribution >= 4 is 28.9 Å². The van der Waals surface area contributed by atoms with Gasteiger partial charge in [-0.15, -0.1) is 0 Å². The van der Waals surface area contributed by atoms with Gasteiger partial charge in [0.2, 0.25) is 5.91 Å². The zero-order valence-corrected chi connectivity index (χ0v) is 12.5. The van der Waals surface area contributed by atoms with Gasteiger partial charge in [0.05, 0.1) is 12.8 Å². The largest absolute Gasteiger partial charge is 0.495 e. The van der Waals surface area contributed by atoms with Crippen LogP contribution in [0.3, 0.4) is 0 Å². The lowest BCUT2D eigenvalue weighted by Gasteiger charge is -2.10. The van der Waals surface area contributed by atoms with Crippen molar-refractivity contribution in [3.8, 4) is 5.75 Å². The van der Waals surface area contributed by atoms with Crippen LogP contribution in [0, 0.1) is 0 Å². The van der Waals surface area contributed by atoms with Crippen LogP contribution in [0.2, 0.25) is 5.02 Å². The first-order chi connectivity index (χ1) is 10.2. The molecular formula is C16H17ClN2O2. The minimum absolute atomic E-state index is 0.0750. The number of carbonyl (C=O) groups excluding carboxylic acids is 1. The SMILES string of the molecule is COc1ccccc1NC(=O)CCNc1cccc(Cl)c1. The van der Waals surface area contributed by atoms with Gasteiger partial charge in [0.25, 0.3) is 0 Å². The average Bonchev–Trinajstić information content (AvgIpc) is 2.48. The highest BCUT2D eigenvalue weighted by molar-refractivity contribution is 6.30. The summed E-state index contributed by atoms with van der Waals surface area (Å²) in [6.07, 6.45) is 0.352. The summed E-state index contributed by atoms with van der Waals surface area (Å²) < 4.78 is 5.19. The molecule has 0 saturated carbocycles. The zero-order chi connectivity index (χ0) is 15.1. The number of carbonyl (C=O) groups is 1. The second-order valence-electron chi connectivity index (χ2n) is 4.44. The molecule has 0 heterocycles. The number of benzene rings is 2. The van der Waals surface area contributed by atoms with Crippen molar-refractivity contribution in [2.45, 2.75) is 6.42 Å². The number of anilines is 2. The van der Waals surface area contributed by atoms with Crippen LogP contribution in [0.4, 0.5) is 11.4 Å². The van der Waals surface area contributed by atoms with Crippen LogP contribution in [0.25, 0.3) is 0 Å². The number of amides is 1. The summed E-state index contributed by atoms with van der Waals surface area (Å²) in [7, 11) is 1.58. The highest BCUT2D eigenvalue weighted by Gasteiger charge is 2.06. The molecule has 2 N–H and O–H groups in total. The number of halogens is 1. The van der Waals surface area contributed by atoms with Crippen molar-refractivity contribution in [2.75, 3.05) is 24.3 Å². The molecule has 0 spiro atoms. The van der Waals surface area contributed by atoms with Crippen LogP contribution in [0.5, 0.6) is 5.75 Å². The van der Waals surface area contributed by atoms with Crippen molar-refractivity contribution in [1.29, 1.82) is 0 Å². The molecule has 0 aliphatic heterocycles. The van der Waals surface area contributed by atoms with E-state index in [0.717, 1.165) is 5.69 Å². The quantitative estimate of drug-likeness (QED) is 0.853. The minimum Gasteiger partial charge on any atom is -0.495 e. The third-order valence-electron chi connectivity index (χ3n) is 2.89. The summed E-state index contributed by atoms with van der Waals surface area (Å²) in [5, 5.41) is 6.65. The third kappa shape index (κ3) is 4.68. The summed E-state index contributed by atoms with van der Waals surface area (Å²) in [6, 6.07) is 14.7. The molecule has 0 bridgehead atoms. The van der Waals surface area contributed by atoms with Crippen LogP contribution in [-0.4, -0.2) is 19.6 Å². The van der Waals surface area contributed by atoms with Gasteiger partial charge in [-0.3, -0.25) is 4.79 Å². The molecule has 2 aromatic rings. The van der Waals surface area contributed by atoms with Gasteiger partial charge in [0.15, 0.2) is 0 Å². The zero-order valence-electron chi connectivity index (χ0n) is 11.7. The number of ether oxygens (including phenoxy) is 1. The molecule has 1 amide bonds. The predicted molar refractivity (Wildman–Crippen MR) is 86.2 cm³/mol. The lowest BCUT2D eigenvalue weighted by atomic mass is 10.2. The van der Waals surface area contributed by atoms with E-state index in [0.29, 0.717) is 29.4 Å². The Morgan fingerprint density at radius 1 is 1.19 bits per heavy atom. The molecule has 21 heavy (non-hydrogen) atoms. The average molecular weight is 305 g/mol. The first-order valence-corrected chi connectivity index (χ1v) is 6.99. The van der Waals surface area contributed by atoms with E-state index < -0.39 is 0 Å². The van der Waals surface area contributed by atoms with E-state index in [1.807, 2.05) is 30.3 Å². The Balaban J connectivity index is 1.82. The number of hydrogen-bond acceptors (Lipinski definition) is 3. The van der Waals surface area contributed by atoms with Gasteiger partial charge in [-0.2, -0.15) is 0 Å². The fourth-order valence-electron chi connectivity index (χ4n) is 1.88. The van der Waals surface area contributed by atoms with Gasteiger partial charge in [0.1, 0.15) is 5.75 Å². The normalized spacial score (nSPS) is 10.0. The lowest BCUT2D eigenvalue weighted by Crippen LogP contribution is -2.16. The van der Waals surface area contributed by atoms with Crippen molar-refractivity contribution in [3.05, 3.63) is 53.6 Å². The lowest BCUT2D eigenvalue weighted by molar-refractivity contribution is -0.115. The number of hydrogen-bond donors (Lipinski definition) is 2. The summed E-state index contributed by atoms with van der Waals surface area (Å²) in [6.45, 7) is 0.529. The highest BCUT2D eigenvalue weighted by atomic mass is 35.5. The van der Waals surface area contributed by atoms with E-state index >= 15 is 0 Å². The molecule has 0 saturated heterocycles. The summed E-state index contributed by atoms with van der Waals surface area (Å²) in [5.74, 6) is 0.572. The number of nitrogens with one attached hydrogen (secondary N) is 2. The first kappa shape index (κ1) is 15.2. The molecular weight excluding hydrogens is 288 g/mol. The van der Waals surface area contributed by atoms with Gasteiger partial charge >= 0.3 is 0 Å². The van der Waals surface area contributed by atoms with E-state index in [1.165, 1.54) is 0 Å².